The molecule has 2 aromatic carbocycles. The highest BCUT2D eigenvalue weighted by atomic mass is 16.5. The molecule has 0 spiro atoms. The topological polar surface area (TPSA) is 67.4 Å². The van der Waals surface area contributed by atoms with E-state index in [1.54, 1.807) is 24.3 Å². The summed E-state index contributed by atoms with van der Waals surface area (Å²) in [5, 5.41) is 5.77. The van der Waals surface area contributed by atoms with E-state index in [9.17, 15) is 9.59 Å². The second-order valence-electron chi connectivity index (χ2n) is 4.99. The number of anilines is 2. The van der Waals surface area contributed by atoms with Crippen molar-refractivity contribution >= 4 is 23.3 Å². The molecule has 2 aromatic rings. The van der Waals surface area contributed by atoms with Crippen LogP contribution in [-0.4, -0.2) is 25.5 Å². The molecule has 1 amide bonds. The van der Waals surface area contributed by atoms with Crippen LogP contribution >= 0.6 is 0 Å². The highest BCUT2D eigenvalue weighted by molar-refractivity contribution is 6.02. The number of nitrogens with one attached hydrogen (secondary N) is 2. The zero-order valence-electron chi connectivity index (χ0n) is 13.3. The Morgan fingerprint density at radius 1 is 1.04 bits per heavy atom. The molecule has 0 radical (unpaired) electrons. The van der Waals surface area contributed by atoms with Gasteiger partial charge in [0, 0.05) is 5.69 Å². The average molecular weight is 312 g/mol. The molecule has 0 atom stereocenters. The number of rotatable bonds is 6. The molecule has 5 heteroatoms. The van der Waals surface area contributed by atoms with Crippen molar-refractivity contribution < 1.29 is 14.3 Å². The van der Waals surface area contributed by atoms with Gasteiger partial charge < -0.3 is 15.4 Å². The summed E-state index contributed by atoms with van der Waals surface area (Å²) in [6.45, 7) is 2.20. The molecule has 0 bridgehead atoms. The highest BCUT2D eigenvalue weighted by Gasteiger charge is 2.12. The van der Waals surface area contributed by atoms with Gasteiger partial charge in [-0.15, -0.1) is 0 Å². The van der Waals surface area contributed by atoms with Gasteiger partial charge in [0.05, 0.1) is 24.9 Å². The predicted octanol–water partition coefficient (Wildman–Crippen LogP) is 3.09. The number of esters is 1. The third-order valence-corrected chi connectivity index (χ3v) is 3.42. The minimum atomic E-state index is -0.482. The summed E-state index contributed by atoms with van der Waals surface area (Å²) in [7, 11) is 1.31. The highest BCUT2D eigenvalue weighted by Crippen LogP contribution is 2.16. The Bertz CT molecular complexity index is 681. The van der Waals surface area contributed by atoms with Crippen molar-refractivity contribution in [3.8, 4) is 0 Å². The Hall–Kier alpha value is -2.82. The Labute approximate surface area is 135 Å². The lowest BCUT2D eigenvalue weighted by molar-refractivity contribution is -0.114. The molecule has 0 fully saturated rings. The number of ether oxygens (including phenoxy) is 1. The molecule has 0 aliphatic heterocycles. The van der Waals surface area contributed by atoms with Gasteiger partial charge in [0.2, 0.25) is 5.91 Å². The number of hydrogen-bond acceptors (Lipinski definition) is 4. The molecule has 120 valence electrons. The monoisotopic (exact) mass is 312 g/mol. The van der Waals surface area contributed by atoms with Crippen molar-refractivity contribution in [2.45, 2.75) is 13.3 Å². The maximum atomic E-state index is 12.0. The van der Waals surface area contributed by atoms with Gasteiger partial charge in [0.1, 0.15) is 0 Å². The van der Waals surface area contributed by atoms with Crippen LogP contribution in [0.1, 0.15) is 22.8 Å². The SMILES string of the molecule is CCc1ccc(NCC(=O)Nc2ccccc2C(=O)OC)cc1. The Kier molecular flexibility index (Phi) is 5.74. The number of amides is 1. The number of aryl methyl sites for hydroxylation is 1. The third-order valence-electron chi connectivity index (χ3n) is 3.42. The smallest absolute Gasteiger partial charge is 0.339 e. The van der Waals surface area contributed by atoms with Crippen LogP contribution in [0.2, 0.25) is 0 Å². The molecule has 0 heterocycles. The standard InChI is InChI=1S/C18H20N2O3/c1-3-13-8-10-14(11-9-13)19-12-17(21)20-16-7-5-4-6-15(16)18(22)23-2/h4-11,19H,3,12H2,1-2H3,(H,20,21). The molecule has 2 N–H and O–H groups in total. The van der Waals surface area contributed by atoms with Crippen LogP contribution in [0.3, 0.4) is 0 Å². The van der Waals surface area contributed by atoms with Gasteiger partial charge in [-0.3, -0.25) is 4.79 Å². The van der Waals surface area contributed by atoms with Gasteiger partial charge in [0.25, 0.3) is 0 Å². The quantitative estimate of drug-likeness (QED) is 0.804. The fourth-order valence-corrected chi connectivity index (χ4v) is 2.12. The summed E-state index contributed by atoms with van der Waals surface area (Å²) in [5.41, 5.74) is 2.88. The van der Waals surface area contributed by atoms with Crippen molar-refractivity contribution in [1.29, 1.82) is 0 Å². The lowest BCUT2D eigenvalue weighted by Gasteiger charge is -2.11. The van der Waals surface area contributed by atoms with E-state index >= 15 is 0 Å². The van der Waals surface area contributed by atoms with Gasteiger partial charge in [-0.2, -0.15) is 0 Å². The summed E-state index contributed by atoms with van der Waals surface area (Å²) in [6, 6.07) is 14.7. The normalized spacial score (nSPS) is 10.0. The molecular formula is C18H20N2O3. The number of carbonyl (C=O) groups is 2. The first-order valence-corrected chi connectivity index (χ1v) is 7.44. The number of benzene rings is 2. The van der Waals surface area contributed by atoms with Crippen LogP contribution in [0.25, 0.3) is 0 Å². The van der Waals surface area contributed by atoms with E-state index in [1.165, 1.54) is 12.7 Å². The van der Waals surface area contributed by atoms with Crippen molar-refractivity contribution in [3.63, 3.8) is 0 Å². The fourth-order valence-electron chi connectivity index (χ4n) is 2.12. The summed E-state index contributed by atoms with van der Waals surface area (Å²) >= 11 is 0. The second kappa shape index (κ2) is 7.98. The summed E-state index contributed by atoms with van der Waals surface area (Å²) in [5.74, 6) is -0.718. The van der Waals surface area contributed by atoms with E-state index in [0.717, 1.165) is 12.1 Å². The maximum absolute atomic E-state index is 12.0. The van der Waals surface area contributed by atoms with Gasteiger partial charge in [-0.25, -0.2) is 4.79 Å². The van der Waals surface area contributed by atoms with E-state index in [1.807, 2.05) is 24.3 Å². The first-order valence-electron chi connectivity index (χ1n) is 7.44. The van der Waals surface area contributed by atoms with Crippen LogP contribution in [0.15, 0.2) is 48.5 Å². The largest absolute Gasteiger partial charge is 0.465 e. The molecule has 0 saturated carbocycles. The molecule has 0 saturated heterocycles. The first-order chi connectivity index (χ1) is 11.1. The molecule has 2 rings (SSSR count). The van der Waals surface area contributed by atoms with Crippen molar-refractivity contribution in [2.24, 2.45) is 0 Å². The number of carbonyl (C=O) groups excluding carboxylic acids is 2. The maximum Gasteiger partial charge on any atom is 0.339 e. The van der Waals surface area contributed by atoms with Crippen LogP contribution in [0.4, 0.5) is 11.4 Å². The molecule has 0 aliphatic rings. The Balaban J connectivity index is 1.95. The first kappa shape index (κ1) is 16.5. The molecule has 0 aromatic heterocycles. The number of hydrogen-bond donors (Lipinski definition) is 2. The minimum Gasteiger partial charge on any atom is -0.465 e. The van der Waals surface area contributed by atoms with Crippen LogP contribution < -0.4 is 10.6 Å². The molecule has 0 aliphatic carbocycles. The average Bonchev–Trinajstić information content (AvgIpc) is 2.60. The fraction of sp³-hybridized carbons (Fsp3) is 0.222. The predicted molar refractivity (Wildman–Crippen MR) is 90.7 cm³/mol. The van der Waals surface area contributed by atoms with Crippen molar-refractivity contribution in [3.05, 3.63) is 59.7 Å². The number of methoxy groups -OCH3 is 1. The molecule has 5 nitrogen and oxygen atoms in total. The molecular weight excluding hydrogens is 292 g/mol. The Morgan fingerprint density at radius 3 is 2.39 bits per heavy atom. The van der Waals surface area contributed by atoms with Gasteiger partial charge >= 0.3 is 5.97 Å². The second-order valence-corrected chi connectivity index (χ2v) is 4.99. The van der Waals surface area contributed by atoms with Crippen molar-refractivity contribution in [2.75, 3.05) is 24.3 Å². The third kappa shape index (κ3) is 4.57. The lowest BCUT2D eigenvalue weighted by Crippen LogP contribution is -2.23. The van der Waals surface area contributed by atoms with E-state index in [0.29, 0.717) is 11.3 Å². The van der Waals surface area contributed by atoms with Gasteiger partial charge in [-0.05, 0) is 36.2 Å². The zero-order chi connectivity index (χ0) is 16.7. The molecule has 23 heavy (non-hydrogen) atoms. The lowest BCUT2D eigenvalue weighted by atomic mass is 10.1. The van der Waals surface area contributed by atoms with E-state index in [-0.39, 0.29) is 12.5 Å². The zero-order valence-corrected chi connectivity index (χ0v) is 13.3. The van der Waals surface area contributed by atoms with E-state index < -0.39 is 5.97 Å². The van der Waals surface area contributed by atoms with E-state index in [2.05, 4.69) is 17.6 Å². The number of para-hydroxylation sites is 1. The van der Waals surface area contributed by atoms with Gasteiger partial charge in [0.15, 0.2) is 0 Å². The summed E-state index contributed by atoms with van der Waals surface area (Å²) < 4.78 is 4.70. The molecule has 0 unspecified atom stereocenters. The van der Waals surface area contributed by atoms with E-state index in [4.69, 9.17) is 4.74 Å². The summed E-state index contributed by atoms with van der Waals surface area (Å²) in [4.78, 5) is 23.7. The minimum absolute atomic E-state index is 0.112. The van der Waals surface area contributed by atoms with Crippen LogP contribution in [-0.2, 0) is 16.0 Å². The van der Waals surface area contributed by atoms with Crippen LogP contribution in [0, 0.1) is 0 Å². The Morgan fingerprint density at radius 2 is 1.74 bits per heavy atom. The summed E-state index contributed by atoms with van der Waals surface area (Å²) in [6.07, 6.45) is 0.977. The van der Waals surface area contributed by atoms with Gasteiger partial charge in [-0.1, -0.05) is 31.2 Å². The van der Waals surface area contributed by atoms with Crippen LogP contribution in [0.5, 0.6) is 0 Å². The van der Waals surface area contributed by atoms with Crippen molar-refractivity contribution in [1.82, 2.24) is 0 Å².